The van der Waals surface area contributed by atoms with Gasteiger partial charge in [0.25, 0.3) is 0 Å². The first kappa shape index (κ1) is 34.3. The molecule has 9 aromatic rings. The van der Waals surface area contributed by atoms with Gasteiger partial charge in [-0.15, -0.1) is 0 Å². The van der Waals surface area contributed by atoms with Crippen LogP contribution in [0.2, 0.25) is 0 Å². The third kappa shape index (κ3) is 5.53. The normalized spacial score (nSPS) is 14.2. The Morgan fingerprint density at radius 2 is 0.948 bits per heavy atom. The van der Waals surface area contributed by atoms with Crippen LogP contribution in [-0.4, -0.2) is 0 Å². The fraction of sp³-hybridized carbons (Fsp3) is 0.0877. The molecule has 0 spiro atoms. The molecule has 0 atom stereocenters. The number of rotatable bonds is 6. The molecule has 11 rings (SSSR count). The maximum Gasteiger partial charge on any atom is 0.0467 e. The Morgan fingerprint density at radius 3 is 1.67 bits per heavy atom. The summed E-state index contributed by atoms with van der Waals surface area (Å²) in [6, 6.07) is 69.4. The number of allylic oxidation sites excluding steroid dienone is 4. The maximum atomic E-state index is 2.45. The van der Waals surface area contributed by atoms with Crippen LogP contribution in [0.4, 0.5) is 17.1 Å². The number of hydrogen-bond donors (Lipinski definition) is 0. The van der Waals surface area contributed by atoms with Gasteiger partial charge in [0, 0.05) is 22.5 Å². The van der Waals surface area contributed by atoms with Crippen molar-refractivity contribution in [1.29, 1.82) is 0 Å². The molecular formula is C57H43N. The van der Waals surface area contributed by atoms with E-state index < -0.39 is 0 Å². The van der Waals surface area contributed by atoms with Gasteiger partial charge in [-0.2, -0.15) is 0 Å². The van der Waals surface area contributed by atoms with E-state index in [1.807, 2.05) is 0 Å². The van der Waals surface area contributed by atoms with Crippen molar-refractivity contribution >= 4 is 55.0 Å². The Hall–Kier alpha value is -6.96. The fourth-order valence-corrected chi connectivity index (χ4v) is 9.90. The van der Waals surface area contributed by atoms with E-state index in [4.69, 9.17) is 0 Å². The molecule has 0 bridgehead atoms. The van der Waals surface area contributed by atoms with Crippen LogP contribution < -0.4 is 4.90 Å². The van der Waals surface area contributed by atoms with E-state index in [1.54, 1.807) is 5.57 Å². The molecule has 2 aliphatic rings. The molecule has 2 aliphatic carbocycles. The van der Waals surface area contributed by atoms with E-state index in [-0.39, 0.29) is 5.41 Å². The first-order chi connectivity index (χ1) is 28.5. The average molecular weight is 742 g/mol. The summed E-state index contributed by atoms with van der Waals surface area (Å²) < 4.78 is 0. The number of anilines is 3. The predicted molar refractivity (Wildman–Crippen MR) is 248 cm³/mol. The second-order valence-electron chi connectivity index (χ2n) is 16.4. The third-order valence-corrected chi connectivity index (χ3v) is 12.8. The van der Waals surface area contributed by atoms with Crippen molar-refractivity contribution in [3.05, 3.63) is 217 Å². The Bertz CT molecular complexity index is 3060. The predicted octanol–water partition coefficient (Wildman–Crippen LogP) is 16.0. The highest BCUT2D eigenvalue weighted by Gasteiger charge is 2.37. The van der Waals surface area contributed by atoms with Gasteiger partial charge in [-0.25, -0.2) is 0 Å². The van der Waals surface area contributed by atoms with Crippen molar-refractivity contribution in [2.75, 3.05) is 4.90 Å². The monoisotopic (exact) mass is 741 g/mol. The minimum Gasteiger partial charge on any atom is -0.310 e. The topological polar surface area (TPSA) is 3.24 Å². The molecule has 276 valence electrons. The van der Waals surface area contributed by atoms with Crippen molar-refractivity contribution in [3.8, 4) is 33.4 Å². The minimum atomic E-state index is -0.00800. The van der Waals surface area contributed by atoms with Crippen molar-refractivity contribution in [2.45, 2.75) is 32.1 Å². The molecule has 58 heavy (non-hydrogen) atoms. The molecule has 0 fully saturated rings. The molecule has 0 aliphatic heterocycles. The smallest absolute Gasteiger partial charge is 0.0467 e. The van der Waals surface area contributed by atoms with Crippen molar-refractivity contribution in [1.82, 2.24) is 0 Å². The molecule has 9 aromatic carbocycles. The summed E-state index contributed by atoms with van der Waals surface area (Å²) >= 11 is 0. The lowest BCUT2D eigenvalue weighted by atomic mass is 9.78. The number of fused-ring (bicyclic) bond motifs is 8. The van der Waals surface area contributed by atoms with E-state index in [1.165, 1.54) is 88.1 Å². The number of nitrogens with zero attached hydrogens (tertiary/aromatic N) is 1. The average Bonchev–Trinajstić information content (AvgIpc) is 3.52. The van der Waals surface area contributed by atoms with Gasteiger partial charge in [0.1, 0.15) is 0 Å². The largest absolute Gasteiger partial charge is 0.310 e. The zero-order valence-corrected chi connectivity index (χ0v) is 32.9. The van der Waals surface area contributed by atoms with E-state index >= 15 is 0 Å². The lowest BCUT2D eigenvalue weighted by molar-refractivity contribution is 0.607. The minimum absolute atomic E-state index is 0.00800. The lowest BCUT2D eigenvalue weighted by Crippen LogP contribution is -2.18. The van der Waals surface area contributed by atoms with Gasteiger partial charge in [-0.05, 0) is 132 Å². The summed E-state index contributed by atoms with van der Waals surface area (Å²) in [5, 5.41) is 7.80. The van der Waals surface area contributed by atoms with Gasteiger partial charge in [0.15, 0.2) is 0 Å². The Kier molecular flexibility index (Phi) is 8.05. The summed E-state index contributed by atoms with van der Waals surface area (Å²) in [4.78, 5) is 2.43. The Morgan fingerprint density at radius 1 is 0.414 bits per heavy atom. The summed E-state index contributed by atoms with van der Waals surface area (Å²) in [5.41, 5.74) is 16.5. The quantitative estimate of drug-likeness (QED) is 0.153. The van der Waals surface area contributed by atoms with Crippen LogP contribution in [-0.2, 0) is 5.41 Å². The van der Waals surface area contributed by atoms with Gasteiger partial charge in [0.2, 0.25) is 0 Å². The molecule has 0 saturated heterocycles. The van der Waals surface area contributed by atoms with Crippen LogP contribution in [0.15, 0.2) is 206 Å². The Labute approximate surface area is 340 Å². The first-order valence-electron chi connectivity index (χ1n) is 20.6. The molecular weight excluding hydrogens is 699 g/mol. The number of benzene rings is 9. The van der Waals surface area contributed by atoms with Gasteiger partial charge < -0.3 is 4.90 Å². The van der Waals surface area contributed by atoms with Crippen molar-refractivity contribution < 1.29 is 0 Å². The van der Waals surface area contributed by atoms with E-state index in [0.717, 1.165) is 24.2 Å². The zero-order valence-electron chi connectivity index (χ0n) is 32.9. The molecule has 0 unspecified atom stereocenters. The number of hydrogen-bond acceptors (Lipinski definition) is 1. The standard InChI is InChI=1S/C57H43N/c1-57(2)54-25-11-10-21-50(54)51-35-34-45(37-55(51)57)58(44-17-12-16-42(36-44)38-14-4-3-5-15-38)43-32-30-40(31-33-43)39-26-28-41(29-27-39)46-23-13-24-53-49-19-7-6-18-47(49)48-20-8-9-22-52(48)56(46)53/h3-10,12-24,26-37H,11,25H2,1-2H3. The highest BCUT2D eigenvalue weighted by molar-refractivity contribution is 6.28. The second kappa shape index (κ2) is 13.6. The van der Waals surface area contributed by atoms with Crippen LogP contribution >= 0.6 is 0 Å². The summed E-state index contributed by atoms with van der Waals surface area (Å²) in [6.45, 7) is 4.81. The van der Waals surface area contributed by atoms with Gasteiger partial charge in [-0.3, -0.25) is 0 Å². The molecule has 0 N–H and O–H groups in total. The van der Waals surface area contributed by atoms with Crippen molar-refractivity contribution in [2.24, 2.45) is 0 Å². The van der Waals surface area contributed by atoms with E-state index in [0.29, 0.717) is 0 Å². The molecule has 0 radical (unpaired) electrons. The summed E-state index contributed by atoms with van der Waals surface area (Å²) in [7, 11) is 0. The van der Waals surface area contributed by atoms with Crippen LogP contribution in [0.5, 0.6) is 0 Å². The van der Waals surface area contributed by atoms with Crippen LogP contribution in [0.3, 0.4) is 0 Å². The molecule has 1 nitrogen and oxygen atoms in total. The van der Waals surface area contributed by atoms with Gasteiger partial charge >= 0.3 is 0 Å². The van der Waals surface area contributed by atoms with Crippen molar-refractivity contribution in [3.63, 3.8) is 0 Å². The lowest BCUT2D eigenvalue weighted by Gasteiger charge is -2.29. The third-order valence-electron chi connectivity index (χ3n) is 12.8. The highest BCUT2D eigenvalue weighted by Crippen LogP contribution is 2.52. The Balaban J connectivity index is 0.977. The SMILES string of the molecule is CC1(C)C2=C(C=CCC2)c2ccc(N(c3ccc(-c4ccc(-c5cccc6c7ccccc7c7ccccc7c56)cc4)cc3)c3cccc(-c4ccccc4)c3)cc21. The van der Waals surface area contributed by atoms with Gasteiger partial charge in [0.05, 0.1) is 0 Å². The van der Waals surface area contributed by atoms with Crippen LogP contribution in [0.25, 0.3) is 71.3 Å². The molecule has 1 heteroatoms. The van der Waals surface area contributed by atoms with Crippen LogP contribution in [0, 0.1) is 0 Å². The van der Waals surface area contributed by atoms with E-state index in [2.05, 4.69) is 219 Å². The fourth-order valence-electron chi connectivity index (χ4n) is 9.90. The first-order valence-corrected chi connectivity index (χ1v) is 20.6. The molecule has 0 aromatic heterocycles. The highest BCUT2D eigenvalue weighted by atomic mass is 15.1. The molecule has 0 saturated carbocycles. The summed E-state index contributed by atoms with van der Waals surface area (Å²) in [5.74, 6) is 0. The molecule has 0 heterocycles. The maximum absolute atomic E-state index is 2.45. The summed E-state index contributed by atoms with van der Waals surface area (Å²) in [6.07, 6.45) is 6.93. The molecule has 0 amide bonds. The zero-order chi connectivity index (χ0) is 38.8. The second-order valence-corrected chi connectivity index (χ2v) is 16.4. The van der Waals surface area contributed by atoms with Gasteiger partial charge in [-0.1, -0.05) is 183 Å². The van der Waals surface area contributed by atoms with E-state index in [9.17, 15) is 0 Å². The van der Waals surface area contributed by atoms with Crippen LogP contribution in [0.1, 0.15) is 37.8 Å².